The predicted octanol–water partition coefficient (Wildman–Crippen LogP) is 4.97. The van der Waals surface area contributed by atoms with Crippen LogP contribution >= 0.6 is 0 Å². The van der Waals surface area contributed by atoms with Crippen LogP contribution in [0.25, 0.3) is 0 Å². The molecule has 0 amide bonds. The third kappa shape index (κ3) is 5.55. The van der Waals surface area contributed by atoms with Crippen molar-refractivity contribution in [2.45, 2.75) is 53.5 Å². The van der Waals surface area contributed by atoms with Gasteiger partial charge < -0.3 is 10.6 Å². The molecule has 2 rings (SSSR count). The van der Waals surface area contributed by atoms with Crippen molar-refractivity contribution in [3.63, 3.8) is 0 Å². The topological polar surface area (TPSA) is 66.9 Å². The van der Waals surface area contributed by atoms with Gasteiger partial charge in [-0.05, 0) is 36.5 Å². The molecule has 25 heavy (non-hydrogen) atoms. The number of benzene rings is 1. The van der Waals surface area contributed by atoms with Gasteiger partial charge in [-0.2, -0.15) is 4.98 Å². The third-order valence-corrected chi connectivity index (χ3v) is 4.09. The summed E-state index contributed by atoms with van der Waals surface area (Å²) >= 11 is 0. The van der Waals surface area contributed by atoms with E-state index in [1.54, 1.807) is 6.07 Å². The molecular weight excluding hydrogens is 312 g/mol. The fraction of sp³-hybridized carbons (Fsp3) is 0.450. The minimum absolute atomic E-state index is 0.0897. The molecular formula is C20H28N4O. The molecule has 0 aliphatic rings. The maximum absolute atomic E-state index is 11.3. The van der Waals surface area contributed by atoms with Gasteiger partial charge in [0.05, 0.1) is 0 Å². The normalized spacial score (nSPS) is 12.5. The SMILES string of the molecule is CCCC(Nc1cc(C=O)nc(Nc2cccc(C)c2)n1)C(C)(C)C. The number of aromatic nitrogens is 2. The van der Waals surface area contributed by atoms with Crippen LogP contribution in [0.4, 0.5) is 17.5 Å². The maximum atomic E-state index is 11.3. The van der Waals surface area contributed by atoms with Gasteiger partial charge in [-0.3, -0.25) is 4.79 Å². The summed E-state index contributed by atoms with van der Waals surface area (Å²) < 4.78 is 0. The Morgan fingerprint density at radius 1 is 1.20 bits per heavy atom. The second-order valence-electron chi connectivity index (χ2n) is 7.47. The molecule has 0 radical (unpaired) electrons. The Morgan fingerprint density at radius 3 is 2.56 bits per heavy atom. The van der Waals surface area contributed by atoms with E-state index in [0.29, 0.717) is 17.5 Å². The fourth-order valence-electron chi connectivity index (χ4n) is 2.70. The highest BCUT2D eigenvalue weighted by atomic mass is 16.1. The Bertz CT molecular complexity index is 722. The van der Waals surface area contributed by atoms with Crippen LogP contribution in [-0.2, 0) is 0 Å². The highest BCUT2D eigenvalue weighted by Crippen LogP contribution is 2.26. The summed E-state index contributed by atoms with van der Waals surface area (Å²) in [7, 11) is 0. The Kier molecular flexibility index (Phi) is 6.12. The largest absolute Gasteiger partial charge is 0.367 e. The molecule has 0 aliphatic heterocycles. The first kappa shape index (κ1) is 18.9. The van der Waals surface area contributed by atoms with Gasteiger partial charge in [-0.25, -0.2) is 4.98 Å². The lowest BCUT2D eigenvalue weighted by atomic mass is 9.84. The van der Waals surface area contributed by atoms with Crippen molar-refractivity contribution in [2.75, 3.05) is 10.6 Å². The number of aryl methyl sites for hydroxylation is 1. The van der Waals surface area contributed by atoms with E-state index in [9.17, 15) is 4.79 Å². The van der Waals surface area contributed by atoms with E-state index < -0.39 is 0 Å². The van der Waals surface area contributed by atoms with Crippen LogP contribution < -0.4 is 10.6 Å². The van der Waals surface area contributed by atoms with Crippen molar-refractivity contribution in [3.05, 3.63) is 41.6 Å². The van der Waals surface area contributed by atoms with E-state index >= 15 is 0 Å². The van der Waals surface area contributed by atoms with Crippen LogP contribution in [0.2, 0.25) is 0 Å². The predicted molar refractivity (Wildman–Crippen MR) is 104 cm³/mol. The summed E-state index contributed by atoms with van der Waals surface area (Å²) in [5.41, 5.74) is 2.49. The molecule has 1 atom stereocenters. The molecule has 5 heteroatoms. The molecule has 2 N–H and O–H groups in total. The van der Waals surface area contributed by atoms with Crippen LogP contribution in [0.15, 0.2) is 30.3 Å². The second kappa shape index (κ2) is 8.10. The van der Waals surface area contributed by atoms with Gasteiger partial charge in [0.1, 0.15) is 11.5 Å². The summed E-state index contributed by atoms with van der Waals surface area (Å²) in [6.07, 6.45) is 2.86. The molecule has 0 fully saturated rings. The van der Waals surface area contributed by atoms with Gasteiger partial charge in [0.2, 0.25) is 5.95 Å². The minimum Gasteiger partial charge on any atom is -0.367 e. The first-order valence-corrected chi connectivity index (χ1v) is 8.76. The number of hydrogen-bond donors (Lipinski definition) is 2. The summed E-state index contributed by atoms with van der Waals surface area (Å²) in [6.45, 7) is 10.8. The van der Waals surface area contributed by atoms with E-state index in [0.717, 1.165) is 30.4 Å². The molecule has 0 spiro atoms. The number of hydrogen-bond acceptors (Lipinski definition) is 5. The average Bonchev–Trinajstić information content (AvgIpc) is 2.53. The molecule has 0 bridgehead atoms. The lowest BCUT2D eigenvalue weighted by Crippen LogP contribution is -2.34. The van der Waals surface area contributed by atoms with Gasteiger partial charge in [0, 0.05) is 17.8 Å². The number of anilines is 3. The number of nitrogens with one attached hydrogen (secondary N) is 2. The van der Waals surface area contributed by atoms with Crippen LogP contribution in [0, 0.1) is 12.3 Å². The second-order valence-corrected chi connectivity index (χ2v) is 7.47. The Balaban J connectivity index is 2.28. The number of aldehydes is 1. The zero-order valence-corrected chi connectivity index (χ0v) is 15.8. The zero-order valence-electron chi connectivity index (χ0n) is 15.8. The lowest BCUT2D eigenvalue weighted by molar-refractivity contribution is 0.111. The Labute approximate surface area is 150 Å². The van der Waals surface area contributed by atoms with Crippen LogP contribution in [0.3, 0.4) is 0 Å². The first-order valence-electron chi connectivity index (χ1n) is 8.76. The molecule has 0 aliphatic carbocycles. The van der Waals surface area contributed by atoms with Crippen molar-refractivity contribution in [3.8, 4) is 0 Å². The molecule has 5 nitrogen and oxygen atoms in total. The molecule has 0 saturated heterocycles. The molecule has 1 aromatic heterocycles. The monoisotopic (exact) mass is 340 g/mol. The van der Waals surface area contributed by atoms with E-state index in [1.807, 2.05) is 31.2 Å². The van der Waals surface area contributed by atoms with Crippen molar-refractivity contribution >= 4 is 23.7 Å². The standard InChI is InChI=1S/C20H28N4O/c1-6-8-17(20(3,4)5)23-18-12-16(13-25)22-19(24-18)21-15-10-7-9-14(2)11-15/h7,9-13,17H,6,8H2,1-5H3,(H2,21,22,23,24). The van der Waals surface area contributed by atoms with Gasteiger partial charge in [-0.15, -0.1) is 0 Å². The fourth-order valence-corrected chi connectivity index (χ4v) is 2.70. The average molecular weight is 340 g/mol. The van der Waals surface area contributed by atoms with Crippen LogP contribution in [-0.4, -0.2) is 22.3 Å². The number of carbonyl (C=O) groups excluding carboxylic acids is 1. The number of nitrogens with zero attached hydrogens (tertiary/aromatic N) is 2. The van der Waals surface area contributed by atoms with Crippen molar-refractivity contribution in [2.24, 2.45) is 5.41 Å². The summed E-state index contributed by atoms with van der Waals surface area (Å²) in [4.78, 5) is 20.1. The van der Waals surface area contributed by atoms with Gasteiger partial charge >= 0.3 is 0 Å². The smallest absolute Gasteiger partial charge is 0.229 e. The van der Waals surface area contributed by atoms with Crippen LogP contribution in [0.1, 0.15) is 56.6 Å². The minimum atomic E-state index is 0.0897. The first-order chi connectivity index (χ1) is 11.8. The van der Waals surface area contributed by atoms with Gasteiger partial charge in [-0.1, -0.05) is 46.2 Å². The van der Waals surface area contributed by atoms with E-state index in [-0.39, 0.29) is 11.5 Å². The van der Waals surface area contributed by atoms with E-state index in [4.69, 9.17) is 0 Å². The maximum Gasteiger partial charge on any atom is 0.229 e. The highest BCUT2D eigenvalue weighted by Gasteiger charge is 2.24. The zero-order chi connectivity index (χ0) is 18.4. The summed E-state index contributed by atoms with van der Waals surface area (Å²) in [5.74, 6) is 1.09. The summed E-state index contributed by atoms with van der Waals surface area (Å²) in [5, 5.41) is 6.66. The quantitative estimate of drug-likeness (QED) is 0.697. The third-order valence-electron chi connectivity index (χ3n) is 4.09. The van der Waals surface area contributed by atoms with Crippen molar-refractivity contribution in [1.29, 1.82) is 0 Å². The van der Waals surface area contributed by atoms with E-state index in [1.165, 1.54) is 0 Å². The Hall–Kier alpha value is -2.43. The summed E-state index contributed by atoms with van der Waals surface area (Å²) in [6, 6.07) is 9.92. The lowest BCUT2D eigenvalue weighted by Gasteiger charge is -2.32. The molecule has 1 unspecified atom stereocenters. The van der Waals surface area contributed by atoms with Gasteiger partial charge in [0.25, 0.3) is 0 Å². The van der Waals surface area contributed by atoms with Gasteiger partial charge in [0.15, 0.2) is 6.29 Å². The van der Waals surface area contributed by atoms with E-state index in [2.05, 4.69) is 48.3 Å². The molecule has 2 aromatic rings. The number of rotatable bonds is 7. The molecule has 1 heterocycles. The number of carbonyl (C=O) groups is 1. The molecule has 0 saturated carbocycles. The van der Waals surface area contributed by atoms with Crippen LogP contribution in [0.5, 0.6) is 0 Å². The van der Waals surface area contributed by atoms with Crippen molar-refractivity contribution < 1.29 is 4.79 Å². The highest BCUT2D eigenvalue weighted by molar-refractivity contribution is 5.74. The van der Waals surface area contributed by atoms with Crippen molar-refractivity contribution in [1.82, 2.24) is 9.97 Å². The molecule has 1 aromatic carbocycles. The Morgan fingerprint density at radius 2 is 1.96 bits per heavy atom. The molecule has 134 valence electrons.